The molecular formula is C10H8N6O5. The van der Waals surface area contributed by atoms with Gasteiger partial charge >= 0.3 is 33.5 Å². The third-order valence-corrected chi connectivity index (χ3v) is 3.15. The molecule has 0 atom stereocenters. The predicted octanol–water partition coefficient (Wildman–Crippen LogP) is -3.20. The van der Waals surface area contributed by atoms with Gasteiger partial charge in [0.25, 0.3) is 0 Å². The Morgan fingerprint density at radius 3 is 1.67 bits per heavy atom. The maximum absolute atomic E-state index is 12.3. The first-order valence-corrected chi connectivity index (χ1v) is 5.68. The average molecular weight is 292 g/mol. The highest BCUT2D eigenvalue weighted by Crippen LogP contribution is 2.01. The minimum Gasteiger partial charge on any atom is -0.617 e. The summed E-state index contributed by atoms with van der Waals surface area (Å²) < 4.78 is 1.43. The van der Waals surface area contributed by atoms with Crippen LogP contribution >= 0.6 is 0 Å². The average Bonchev–Trinajstić information content (AvgIpc) is 2.42. The summed E-state index contributed by atoms with van der Waals surface area (Å²) in [6.45, 7) is 0. The lowest BCUT2D eigenvalue weighted by Crippen LogP contribution is -2.46. The van der Waals surface area contributed by atoms with Crippen molar-refractivity contribution in [1.82, 2.24) is 24.1 Å². The van der Waals surface area contributed by atoms with Crippen LogP contribution in [0.1, 0.15) is 0 Å². The molecule has 108 valence electrons. The van der Waals surface area contributed by atoms with Gasteiger partial charge in [0.2, 0.25) is 11.3 Å². The van der Waals surface area contributed by atoms with Crippen LogP contribution in [0.15, 0.2) is 19.2 Å². The number of aromatic nitrogens is 6. The number of hydrogen-bond acceptors (Lipinski definition) is 6. The van der Waals surface area contributed by atoms with Crippen LogP contribution in [0.25, 0.3) is 22.3 Å². The zero-order valence-electron chi connectivity index (χ0n) is 10.8. The summed E-state index contributed by atoms with van der Waals surface area (Å²) in [5, 5.41) is 12.3. The van der Waals surface area contributed by atoms with E-state index in [0.717, 1.165) is 0 Å². The molecule has 11 nitrogen and oxygen atoms in total. The number of fused-ring (bicyclic) bond motifs is 2. The quantitative estimate of drug-likeness (QED) is 0.253. The minimum atomic E-state index is -0.897. The molecule has 0 bridgehead atoms. The number of hydrogen-bond donors (Lipinski definition) is 2. The second kappa shape index (κ2) is 3.88. The maximum Gasteiger partial charge on any atom is 0.331 e. The van der Waals surface area contributed by atoms with Gasteiger partial charge in [0.05, 0.1) is 0 Å². The summed E-state index contributed by atoms with van der Waals surface area (Å²) in [4.78, 5) is 55.2. The van der Waals surface area contributed by atoms with Gasteiger partial charge in [-0.1, -0.05) is 0 Å². The van der Waals surface area contributed by atoms with Crippen molar-refractivity contribution in [2.24, 2.45) is 14.1 Å². The highest BCUT2D eigenvalue weighted by atomic mass is 16.5. The molecule has 21 heavy (non-hydrogen) atoms. The fourth-order valence-electron chi connectivity index (χ4n) is 1.94. The molecule has 2 N–H and O–H groups in total. The third-order valence-electron chi connectivity index (χ3n) is 3.15. The molecule has 0 amide bonds. The molecule has 0 radical (unpaired) electrons. The highest BCUT2D eigenvalue weighted by Gasteiger charge is 2.22. The lowest BCUT2D eigenvalue weighted by Gasteiger charge is -2.05. The maximum atomic E-state index is 12.3. The summed E-state index contributed by atoms with van der Waals surface area (Å²) >= 11 is 0. The van der Waals surface area contributed by atoms with E-state index in [4.69, 9.17) is 0 Å². The topological polar surface area (TPSA) is 150 Å². The summed E-state index contributed by atoms with van der Waals surface area (Å²) in [5.41, 5.74) is -4.94. The molecule has 3 rings (SSSR count). The van der Waals surface area contributed by atoms with Crippen LogP contribution in [0.5, 0.6) is 0 Å². The third kappa shape index (κ3) is 1.54. The SMILES string of the molecule is Cn1c(=O)[nH]c2nc3[nH]c(=O)n(C)c(=O)c3[n+]([O-])c2c1=O. The summed E-state index contributed by atoms with van der Waals surface area (Å²) in [5.74, 6) is 0. The summed E-state index contributed by atoms with van der Waals surface area (Å²) in [7, 11) is 2.35. The van der Waals surface area contributed by atoms with Crippen LogP contribution in [0.4, 0.5) is 0 Å². The number of nitrogens with one attached hydrogen (secondary N) is 2. The largest absolute Gasteiger partial charge is 0.617 e. The number of rotatable bonds is 0. The molecule has 0 unspecified atom stereocenters. The van der Waals surface area contributed by atoms with E-state index in [1.807, 2.05) is 0 Å². The van der Waals surface area contributed by atoms with Crippen molar-refractivity contribution in [3.8, 4) is 0 Å². The molecule has 3 aromatic heterocycles. The van der Waals surface area contributed by atoms with Gasteiger partial charge in [0.1, 0.15) is 0 Å². The smallest absolute Gasteiger partial charge is 0.331 e. The van der Waals surface area contributed by atoms with Crippen LogP contribution in [-0.4, -0.2) is 24.1 Å². The van der Waals surface area contributed by atoms with Crippen LogP contribution in [0.3, 0.4) is 0 Å². The zero-order valence-corrected chi connectivity index (χ0v) is 10.8. The van der Waals surface area contributed by atoms with Crippen molar-refractivity contribution >= 4 is 22.3 Å². The first-order valence-electron chi connectivity index (χ1n) is 5.68. The van der Waals surface area contributed by atoms with Crippen molar-refractivity contribution in [3.05, 3.63) is 46.9 Å². The first kappa shape index (κ1) is 12.8. The number of H-pyrrole nitrogens is 2. The molecule has 11 heteroatoms. The Morgan fingerprint density at radius 2 is 1.29 bits per heavy atom. The Bertz CT molecular complexity index is 1060. The Balaban J connectivity index is 2.77. The van der Waals surface area contributed by atoms with E-state index in [9.17, 15) is 24.4 Å². The molecule has 0 saturated carbocycles. The highest BCUT2D eigenvalue weighted by molar-refractivity contribution is 5.75. The number of nitrogens with zero attached hydrogens (tertiary/aromatic N) is 4. The Labute approximate surface area is 113 Å². The second-order valence-electron chi connectivity index (χ2n) is 4.39. The molecule has 3 aromatic rings. The monoisotopic (exact) mass is 292 g/mol. The molecule has 0 aliphatic carbocycles. The van der Waals surface area contributed by atoms with Crippen LogP contribution in [-0.2, 0) is 14.1 Å². The molecule has 0 spiro atoms. The standard InChI is InChI=1S/C10H8N6O5/c1-14-7(17)3-5(12-9(14)19)11-6-4(16(3)21)8(18)15(2)10(20)13-6/h1-2H3,(H2,11,12,13,19,20). The lowest BCUT2D eigenvalue weighted by molar-refractivity contribution is -0.549. The summed E-state index contributed by atoms with van der Waals surface area (Å²) in [6.07, 6.45) is 0. The van der Waals surface area contributed by atoms with E-state index in [1.54, 1.807) is 0 Å². The van der Waals surface area contributed by atoms with Crippen molar-refractivity contribution in [1.29, 1.82) is 0 Å². The van der Waals surface area contributed by atoms with Crippen molar-refractivity contribution < 1.29 is 4.73 Å². The van der Waals surface area contributed by atoms with Crippen LogP contribution < -0.4 is 27.2 Å². The van der Waals surface area contributed by atoms with E-state index in [1.165, 1.54) is 14.1 Å². The molecule has 0 aliphatic heterocycles. The molecule has 0 aromatic carbocycles. The van der Waals surface area contributed by atoms with Gasteiger partial charge in [0.15, 0.2) is 0 Å². The normalized spacial score (nSPS) is 11.3. The van der Waals surface area contributed by atoms with Crippen molar-refractivity contribution in [2.45, 2.75) is 0 Å². The van der Waals surface area contributed by atoms with Crippen molar-refractivity contribution in [3.63, 3.8) is 0 Å². The Kier molecular flexibility index (Phi) is 2.36. The van der Waals surface area contributed by atoms with Gasteiger partial charge in [0, 0.05) is 14.1 Å². The van der Waals surface area contributed by atoms with E-state index < -0.39 is 33.5 Å². The van der Waals surface area contributed by atoms with E-state index in [0.29, 0.717) is 9.13 Å². The zero-order chi connectivity index (χ0) is 15.5. The van der Waals surface area contributed by atoms with Gasteiger partial charge < -0.3 is 5.21 Å². The number of aromatic amines is 2. The molecule has 0 fully saturated rings. The lowest BCUT2D eigenvalue weighted by atomic mass is 10.4. The Morgan fingerprint density at radius 1 is 0.905 bits per heavy atom. The fraction of sp³-hybridized carbons (Fsp3) is 0.200. The molecule has 0 aliphatic rings. The van der Waals surface area contributed by atoms with Gasteiger partial charge in [-0.05, 0) is 0 Å². The van der Waals surface area contributed by atoms with Gasteiger partial charge in [-0.15, -0.1) is 4.73 Å². The van der Waals surface area contributed by atoms with E-state index in [2.05, 4.69) is 15.0 Å². The molecule has 3 heterocycles. The summed E-state index contributed by atoms with van der Waals surface area (Å²) in [6, 6.07) is 0. The van der Waals surface area contributed by atoms with Gasteiger partial charge in [-0.2, -0.15) is 4.98 Å². The van der Waals surface area contributed by atoms with Gasteiger partial charge in [-0.3, -0.25) is 28.7 Å². The fourth-order valence-corrected chi connectivity index (χ4v) is 1.94. The van der Waals surface area contributed by atoms with Crippen LogP contribution in [0, 0.1) is 5.21 Å². The molecular weight excluding hydrogens is 284 g/mol. The molecule has 0 saturated heterocycles. The van der Waals surface area contributed by atoms with Crippen LogP contribution in [0.2, 0.25) is 0 Å². The second-order valence-corrected chi connectivity index (χ2v) is 4.39. The van der Waals surface area contributed by atoms with Crippen molar-refractivity contribution in [2.75, 3.05) is 0 Å². The Hall–Kier alpha value is -3.24. The van der Waals surface area contributed by atoms with E-state index in [-0.39, 0.29) is 16.0 Å². The van der Waals surface area contributed by atoms with Gasteiger partial charge in [-0.25, -0.2) is 9.59 Å². The minimum absolute atomic E-state index is 0.0637. The first-order chi connectivity index (χ1) is 9.82. The van der Waals surface area contributed by atoms with E-state index >= 15 is 0 Å². The predicted molar refractivity (Wildman–Crippen MR) is 69.9 cm³/mol.